The van der Waals surface area contributed by atoms with E-state index in [0.29, 0.717) is 23.2 Å². The molecule has 1 atom stereocenters. The molecule has 134 valence electrons. The zero-order valence-corrected chi connectivity index (χ0v) is 15.8. The molecule has 0 radical (unpaired) electrons. The summed E-state index contributed by atoms with van der Waals surface area (Å²) in [4.78, 5) is 12.1. The number of halogens is 1. The van der Waals surface area contributed by atoms with Gasteiger partial charge in [0.15, 0.2) is 5.17 Å². The number of thioether (sulfide) groups is 1. The Bertz CT molecular complexity index is 820. The molecule has 0 bridgehead atoms. The number of carbonyl (C=O) groups is 1. The van der Waals surface area contributed by atoms with Crippen molar-refractivity contribution in [3.8, 4) is 5.75 Å². The highest BCUT2D eigenvalue weighted by atomic mass is 35.5. The van der Waals surface area contributed by atoms with Crippen molar-refractivity contribution in [1.29, 1.82) is 0 Å². The molecule has 1 saturated heterocycles. The molecule has 0 saturated carbocycles. The van der Waals surface area contributed by atoms with Gasteiger partial charge in [-0.05, 0) is 48.7 Å². The Morgan fingerprint density at radius 2 is 1.92 bits per heavy atom. The average Bonchev–Trinajstić information content (AvgIpc) is 2.98. The fraction of sp³-hybridized carbons (Fsp3) is 0.211. The van der Waals surface area contributed by atoms with Gasteiger partial charge in [0.05, 0.1) is 18.1 Å². The van der Waals surface area contributed by atoms with Gasteiger partial charge in [0.1, 0.15) is 5.75 Å². The summed E-state index contributed by atoms with van der Waals surface area (Å²) >= 11 is 7.23. The average molecular weight is 388 g/mol. The van der Waals surface area contributed by atoms with Gasteiger partial charge < -0.3 is 10.1 Å². The number of amidine groups is 1. The molecule has 1 aliphatic rings. The number of ether oxygens (including phenoxy) is 1. The van der Waals surface area contributed by atoms with Crippen molar-refractivity contribution in [2.75, 3.05) is 6.61 Å². The fourth-order valence-corrected chi connectivity index (χ4v) is 3.48. The maximum absolute atomic E-state index is 12.1. The highest BCUT2D eigenvalue weighted by Gasteiger charge is 2.30. The molecule has 1 N–H and O–H groups in total. The van der Waals surface area contributed by atoms with Crippen molar-refractivity contribution in [2.24, 2.45) is 10.2 Å². The van der Waals surface area contributed by atoms with Crippen molar-refractivity contribution in [1.82, 2.24) is 5.32 Å². The molecule has 0 unspecified atom stereocenters. The maximum Gasteiger partial charge on any atom is 0.239 e. The van der Waals surface area contributed by atoms with Crippen LogP contribution in [0.15, 0.2) is 58.7 Å². The first-order valence-corrected chi connectivity index (χ1v) is 9.45. The van der Waals surface area contributed by atoms with E-state index in [1.807, 2.05) is 43.3 Å². The van der Waals surface area contributed by atoms with E-state index in [9.17, 15) is 4.79 Å². The Morgan fingerprint density at radius 3 is 2.62 bits per heavy atom. The Kier molecular flexibility index (Phi) is 6.30. The predicted molar refractivity (Wildman–Crippen MR) is 107 cm³/mol. The lowest BCUT2D eigenvalue weighted by Crippen LogP contribution is -2.25. The van der Waals surface area contributed by atoms with E-state index < -0.39 is 0 Å². The van der Waals surface area contributed by atoms with Crippen LogP contribution in [0.2, 0.25) is 5.02 Å². The summed E-state index contributed by atoms with van der Waals surface area (Å²) in [5, 5.41) is 11.9. The zero-order chi connectivity index (χ0) is 18.4. The van der Waals surface area contributed by atoms with Gasteiger partial charge in [-0.15, -0.1) is 5.10 Å². The molecule has 2 aromatic carbocycles. The second kappa shape index (κ2) is 8.87. The second-order valence-electron chi connectivity index (χ2n) is 5.58. The van der Waals surface area contributed by atoms with Crippen LogP contribution < -0.4 is 10.1 Å². The first-order valence-electron chi connectivity index (χ1n) is 8.20. The molecule has 3 rings (SSSR count). The monoisotopic (exact) mass is 387 g/mol. The van der Waals surface area contributed by atoms with E-state index >= 15 is 0 Å². The van der Waals surface area contributed by atoms with E-state index in [0.717, 1.165) is 16.9 Å². The molecule has 5 nitrogen and oxygen atoms in total. The van der Waals surface area contributed by atoms with Crippen LogP contribution in [0.25, 0.3) is 0 Å². The standard InChI is InChI=1S/C19H18ClN3O2S/c1-2-25-16-9-5-13(6-10-16)11-17-18(24)22-19(26-17)23-21-12-14-3-7-15(20)8-4-14/h3-10,12,17H,2,11H2,1H3,(H,22,23,24)/b21-12-/t17-/m1/s1. The van der Waals surface area contributed by atoms with E-state index in [2.05, 4.69) is 15.5 Å². The van der Waals surface area contributed by atoms with E-state index in [1.54, 1.807) is 18.3 Å². The van der Waals surface area contributed by atoms with Gasteiger partial charge in [0.25, 0.3) is 0 Å². The van der Waals surface area contributed by atoms with Crippen LogP contribution >= 0.6 is 23.4 Å². The molecular formula is C19H18ClN3O2S. The molecule has 0 spiro atoms. The molecule has 1 amide bonds. The lowest BCUT2D eigenvalue weighted by molar-refractivity contribution is -0.118. The van der Waals surface area contributed by atoms with Gasteiger partial charge in [-0.2, -0.15) is 5.10 Å². The summed E-state index contributed by atoms with van der Waals surface area (Å²) in [6.45, 7) is 2.58. The molecule has 7 heteroatoms. The van der Waals surface area contributed by atoms with Crippen molar-refractivity contribution in [2.45, 2.75) is 18.6 Å². The molecule has 2 aromatic rings. The second-order valence-corrected chi connectivity index (χ2v) is 7.21. The van der Waals surface area contributed by atoms with Crippen LogP contribution in [0.3, 0.4) is 0 Å². The number of hydrogen-bond acceptors (Lipinski definition) is 5. The minimum atomic E-state index is -0.211. The fourth-order valence-electron chi connectivity index (χ4n) is 2.39. The number of nitrogens with zero attached hydrogens (tertiary/aromatic N) is 2. The van der Waals surface area contributed by atoms with Crippen LogP contribution in [0.5, 0.6) is 5.75 Å². The quantitative estimate of drug-likeness (QED) is 0.604. The lowest BCUT2D eigenvalue weighted by atomic mass is 10.1. The van der Waals surface area contributed by atoms with E-state index in [1.165, 1.54) is 11.8 Å². The Hall–Kier alpha value is -2.31. The zero-order valence-electron chi connectivity index (χ0n) is 14.2. The predicted octanol–water partition coefficient (Wildman–Crippen LogP) is 3.90. The van der Waals surface area contributed by atoms with Crippen molar-refractivity contribution < 1.29 is 9.53 Å². The van der Waals surface area contributed by atoms with Gasteiger partial charge in [-0.25, -0.2) is 0 Å². The van der Waals surface area contributed by atoms with Gasteiger partial charge >= 0.3 is 0 Å². The van der Waals surface area contributed by atoms with Crippen LogP contribution in [0.1, 0.15) is 18.1 Å². The number of hydrogen-bond donors (Lipinski definition) is 1. The minimum Gasteiger partial charge on any atom is -0.494 e. The summed E-state index contributed by atoms with van der Waals surface area (Å²) in [6, 6.07) is 15.1. The van der Waals surface area contributed by atoms with Crippen LogP contribution in [-0.2, 0) is 11.2 Å². The lowest BCUT2D eigenvalue weighted by Gasteiger charge is -2.07. The van der Waals surface area contributed by atoms with Gasteiger partial charge in [-0.3, -0.25) is 4.79 Å². The summed E-state index contributed by atoms with van der Waals surface area (Å²) in [6.07, 6.45) is 2.25. The minimum absolute atomic E-state index is 0.0515. The Balaban J connectivity index is 1.58. The SMILES string of the molecule is CCOc1ccc(C[C@H]2S/C(=N/N=C\c3ccc(Cl)cc3)NC2=O)cc1. The summed E-state index contributed by atoms with van der Waals surface area (Å²) in [7, 11) is 0. The number of amides is 1. The van der Waals surface area contributed by atoms with E-state index in [4.69, 9.17) is 16.3 Å². The largest absolute Gasteiger partial charge is 0.494 e. The van der Waals surface area contributed by atoms with Crippen LogP contribution in [0, 0.1) is 0 Å². The Labute approximate surface area is 161 Å². The van der Waals surface area contributed by atoms with Crippen LogP contribution in [0.4, 0.5) is 0 Å². The van der Waals surface area contributed by atoms with E-state index in [-0.39, 0.29) is 11.2 Å². The Morgan fingerprint density at radius 1 is 1.19 bits per heavy atom. The maximum atomic E-state index is 12.1. The molecular weight excluding hydrogens is 370 g/mol. The summed E-state index contributed by atoms with van der Waals surface area (Å²) < 4.78 is 5.43. The van der Waals surface area contributed by atoms with Crippen molar-refractivity contribution in [3.63, 3.8) is 0 Å². The smallest absolute Gasteiger partial charge is 0.239 e. The van der Waals surface area contributed by atoms with Crippen molar-refractivity contribution in [3.05, 3.63) is 64.7 Å². The highest BCUT2D eigenvalue weighted by molar-refractivity contribution is 8.15. The topological polar surface area (TPSA) is 63.1 Å². The molecule has 0 aromatic heterocycles. The number of carbonyl (C=O) groups excluding carboxylic acids is 1. The number of benzene rings is 2. The molecule has 26 heavy (non-hydrogen) atoms. The van der Waals surface area contributed by atoms with Gasteiger partial charge in [0.2, 0.25) is 5.91 Å². The molecule has 1 aliphatic heterocycles. The first-order chi connectivity index (χ1) is 12.6. The number of rotatable bonds is 6. The highest BCUT2D eigenvalue weighted by Crippen LogP contribution is 2.24. The number of nitrogens with one attached hydrogen (secondary N) is 1. The molecule has 1 fully saturated rings. The third-order valence-electron chi connectivity index (χ3n) is 3.66. The van der Waals surface area contributed by atoms with Gasteiger partial charge in [0, 0.05) is 5.02 Å². The molecule has 0 aliphatic carbocycles. The van der Waals surface area contributed by atoms with Crippen molar-refractivity contribution >= 4 is 40.7 Å². The first kappa shape index (κ1) is 18.5. The summed E-state index contributed by atoms with van der Waals surface area (Å²) in [5.74, 6) is 0.780. The van der Waals surface area contributed by atoms with Gasteiger partial charge in [-0.1, -0.05) is 47.6 Å². The third-order valence-corrected chi connectivity index (χ3v) is 4.98. The summed E-state index contributed by atoms with van der Waals surface area (Å²) in [5.41, 5.74) is 1.96. The normalized spacial score (nSPS) is 18.5. The third kappa shape index (κ3) is 5.09. The van der Waals surface area contributed by atoms with Crippen LogP contribution in [-0.4, -0.2) is 29.1 Å². The molecule has 1 heterocycles.